The van der Waals surface area contributed by atoms with Crippen LogP contribution < -0.4 is 0 Å². The largest absolute Gasteiger partial charge is 0.225 e. The first-order valence-electron chi connectivity index (χ1n) is 2.40. The Morgan fingerprint density at radius 1 is 1.14 bits per heavy atom. The lowest BCUT2D eigenvalue weighted by molar-refractivity contribution is 1.39. The van der Waals surface area contributed by atoms with E-state index in [-0.39, 0.29) is 0 Å². The summed E-state index contributed by atoms with van der Waals surface area (Å²) in [7, 11) is 0. The van der Waals surface area contributed by atoms with Crippen molar-refractivity contribution in [1.29, 1.82) is 0 Å². The molecule has 0 aromatic carbocycles. The molecular formula is C6H10S. The van der Waals surface area contributed by atoms with Gasteiger partial charge in [0, 0.05) is 0 Å². The van der Waals surface area contributed by atoms with Crippen LogP contribution in [0.15, 0.2) is 22.0 Å². The Morgan fingerprint density at radius 3 is 1.71 bits per heavy atom. The average molecular weight is 114 g/mol. The second-order valence-electron chi connectivity index (χ2n) is 1.82. The first-order valence-corrected chi connectivity index (χ1v) is 3.56. The molecule has 0 spiro atoms. The van der Waals surface area contributed by atoms with Crippen molar-refractivity contribution in [3.8, 4) is 0 Å². The van der Waals surface area contributed by atoms with Crippen LogP contribution >= 0.6 is 11.8 Å². The average Bonchev–Trinajstić information content (AvgIpc) is 1.91. The summed E-state index contributed by atoms with van der Waals surface area (Å²) in [6.07, 6.45) is 0. The van der Waals surface area contributed by atoms with Gasteiger partial charge in [-0.3, -0.25) is 0 Å². The number of rotatable bonds is 0. The molecule has 1 aliphatic rings. The molecule has 0 saturated heterocycles. The minimum Gasteiger partial charge on any atom is -0.225 e. The lowest BCUT2D eigenvalue weighted by Gasteiger charge is -1.86. The van der Waals surface area contributed by atoms with E-state index < -0.39 is 0 Å². The van der Waals surface area contributed by atoms with E-state index in [0.717, 1.165) is 11.8 Å². The van der Waals surface area contributed by atoms with Gasteiger partial charge in [-0.15, -0.1) is 0 Å². The highest BCUT2D eigenvalue weighted by molar-refractivity contribution is 8.05. The van der Waals surface area contributed by atoms with Gasteiger partial charge < -0.3 is 0 Å². The minimum atomic E-state index is 0.945. The summed E-state index contributed by atoms with van der Waals surface area (Å²) < 4.78 is 0. The van der Waals surface area contributed by atoms with E-state index in [1.807, 2.05) is 0 Å². The van der Waals surface area contributed by atoms with E-state index in [1.165, 1.54) is 11.1 Å². The van der Waals surface area contributed by atoms with E-state index in [4.69, 9.17) is 0 Å². The van der Waals surface area contributed by atoms with Gasteiger partial charge in [-0.05, 0) is 35.8 Å². The maximum atomic E-state index is 2.27. The third-order valence-electron chi connectivity index (χ3n) is 1.22. The van der Waals surface area contributed by atoms with E-state index in [0.29, 0.717) is 0 Å². The zero-order valence-electron chi connectivity index (χ0n) is 4.65. The first-order chi connectivity index (χ1) is 3.30. The summed E-state index contributed by atoms with van der Waals surface area (Å²) in [6, 6.07) is 0. The Morgan fingerprint density at radius 2 is 1.57 bits per heavy atom. The molecule has 0 radical (unpaired) electrons. The van der Waals surface area contributed by atoms with Crippen molar-refractivity contribution >= 4 is 11.8 Å². The van der Waals surface area contributed by atoms with Gasteiger partial charge in [-0.25, -0.2) is 11.8 Å². The molecule has 1 heteroatoms. The van der Waals surface area contributed by atoms with Gasteiger partial charge in [0.1, 0.15) is 0 Å². The van der Waals surface area contributed by atoms with Crippen LogP contribution in [0.1, 0.15) is 13.8 Å². The molecule has 1 aliphatic heterocycles. The molecule has 0 saturated carbocycles. The summed E-state index contributed by atoms with van der Waals surface area (Å²) in [6.45, 7) is 4.32. The van der Waals surface area contributed by atoms with Gasteiger partial charge >= 0.3 is 0 Å². The Kier molecular flexibility index (Phi) is 1.24. The van der Waals surface area contributed by atoms with Gasteiger partial charge in [0.25, 0.3) is 0 Å². The summed E-state index contributed by atoms with van der Waals surface area (Å²) in [4.78, 5) is 0. The summed E-state index contributed by atoms with van der Waals surface area (Å²) in [5, 5.41) is 4.55. The van der Waals surface area contributed by atoms with Crippen LogP contribution in [0.25, 0.3) is 0 Å². The Hall–Kier alpha value is -0.170. The van der Waals surface area contributed by atoms with Crippen molar-refractivity contribution in [3.63, 3.8) is 0 Å². The molecule has 0 N–H and O–H groups in total. The highest BCUT2D eigenvalue weighted by Gasteiger charge is 1.94. The van der Waals surface area contributed by atoms with E-state index >= 15 is 0 Å². The van der Waals surface area contributed by atoms with E-state index in [1.54, 1.807) is 0 Å². The number of allylic oxidation sites excluding steroid dienone is 2. The van der Waals surface area contributed by atoms with Crippen molar-refractivity contribution in [2.75, 3.05) is 0 Å². The summed E-state index contributed by atoms with van der Waals surface area (Å²) >= 11 is 0.945. The van der Waals surface area contributed by atoms with Crippen molar-refractivity contribution < 1.29 is 0 Å². The zero-order valence-corrected chi connectivity index (χ0v) is 5.65. The smallest absolute Gasteiger partial charge is 0.0390 e. The van der Waals surface area contributed by atoms with Crippen molar-refractivity contribution in [3.05, 3.63) is 22.0 Å². The highest BCUT2D eigenvalue weighted by Crippen LogP contribution is 2.24. The molecule has 0 aromatic heterocycles. The molecule has 7 heavy (non-hydrogen) atoms. The van der Waals surface area contributed by atoms with Crippen molar-refractivity contribution in [2.45, 2.75) is 13.8 Å². The van der Waals surface area contributed by atoms with Gasteiger partial charge in [0.2, 0.25) is 0 Å². The van der Waals surface area contributed by atoms with E-state index in [2.05, 4.69) is 24.7 Å². The number of hydrogen-bond acceptors (Lipinski definition) is 0. The Labute approximate surface area is 48.3 Å². The van der Waals surface area contributed by atoms with Gasteiger partial charge in [0.05, 0.1) is 0 Å². The van der Waals surface area contributed by atoms with Crippen LogP contribution in [0, 0.1) is 0 Å². The fourth-order valence-electron chi connectivity index (χ4n) is 0.519. The zero-order chi connectivity index (χ0) is 5.28. The topological polar surface area (TPSA) is 0 Å². The number of hydrogen-bond donors (Lipinski definition) is 0. The molecule has 0 amide bonds. The molecule has 0 aromatic rings. The maximum absolute atomic E-state index is 2.27. The molecule has 1 rings (SSSR count). The maximum Gasteiger partial charge on any atom is -0.0390 e. The van der Waals surface area contributed by atoms with Gasteiger partial charge in [0.15, 0.2) is 0 Å². The summed E-state index contributed by atoms with van der Waals surface area (Å²) in [5.74, 6) is 0. The predicted octanol–water partition coefficient (Wildman–Crippen LogP) is 2.01. The predicted molar refractivity (Wildman–Crippen MR) is 37.9 cm³/mol. The SMILES string of the molecule is CC1=C[SH2]C=C1C. The van der Waals surface area contributed by atoms with Crippen LogP contribution in [-0.4, -0.2) is 0 Å². The second kappa shape index (κ2) is 1.74. The van der Waals surface area contributed by atoms with Crippen LogP contribution in [0.4, 0.5) is 0 Å². The van der Waals surface area contributed by atoms with Crippen LogP contribution in [0.5, 0.6) is 0 Å². The molecule has 40 valence electrons. The van der Waals surface area contributed by atoms with Gasteiger partial charge in [-0.1, -0.05) is 0 Å². The second-order valence-corrected chi connectivity index (χ2v) is 2.73. The normalized spacial score (nSPS) is 20.3. The van der Waals surface area contributed by atoms with Crippen molar-refractivity contribution in [1.82, 2.24) is 0 Å². The summed E-state index contributed by atoms with van der Waals surface area (Å²) in [5.41, 5.74) is 2.91. The molecule has 0 atom stereocenters. The lowest BCUT2D eigenvalue weighted by atomic mass is 10.2. The Bertz CT molecular complexity index is 115. The molecule has 0 nitrogen and oxygen atoms in total. The molecule has 0 unspecified atom stereocenters. The molecular weight excluding hydrogens is 104 g/mol. The van der Waals surface area contributed by atoms with Gasteiger partial charge in [-0.2, -0.15) is 0 Å². The van der Waals surface area contributed by atoms with Crippen LogP contribution in [0.2, 0.25) is 0 Å². The minimum absolute atomic E-state index is 0.945. The first kappa shape index (κ1) is 4.98. The Balaban J connectivity index is 2.78. The monoisotopic (exact) mass is 114 g/mol. The highest BCUT2D eigenvalue weighted by atomic mass is 32.2. The van der Waals surface area contributed by atoms with Crippen molar-refractivity contribution in [2.24, 2.45) is 0 Å². The van der Waals surface area contributed by atoms with Crippen LogP contribution in [-0.2, 0) is 0 Å². The fraction of sp³-hybridized carbons (Fsp3) is 0.333. The standard InChI is InChI=1S/C6H10S/c1-5-3-7-4-6(5)2/h3-4H,7H2,1-2H3. The fourth-order valence-corrected chi connectivity index (χ4v) is 1.56. The molecule has 0 aliphatic carbocycles. The molecule has 0 bridgehead atoms. The van der Waals surface area contributed by atoms with Crippen LogP contribution in [0.3, 0.4) is 0 Å². The lowest BCUT2D eigenvalue weighted by Crippen LogP contribution is -1.67. The molecule has 0 fully saturated rings. The quantitative estimate of drug-likeness (QED) is 0.452. The third kappa shape index (κ3) is 0.885. The molecule has 1 heterocycles. The third-order valence-corrected chi connectivity index (χ3v) is 2.42. The van der Waals surface area contributed by atoms with E-state index in [9.17, 15) is 0 Å².